The molecule has 3 aliphatic rings. The first-order valence-electron chi connectivity index (χ1n) is 9.04. The number of aliphatic hydroxyl groups is 1. The van der Waals surface area contributed by atoms with Crippen LogP contribution < -0.4 is 0 Å². The number of cyclic esters (lactones) is 1. The van der Waals surface area contributed by atoms with Crippen LogP contribution in [0.3, 0.4) is 0 Å². The van der Waals surface area contributed by atoms with Crippen molar-refractivity contribution in [1.29, 1.82) is 0 Å². The van der Waals surface area contributed by atoms with Crippen LogP contribution in [-0.4, -0.2) is 23.8 Å². The first-order chi connectivity index (χ1) is 11.5. The van der Waals surface area contributed by atoms with Gasteiger partial charge in [-0.05, 0) is 67.1 Å². The summed E-state index contributed by atoms with van der Waals surface area (Å²) < 4.78 is 10.7. The first kappa shape index (κ1) is 15.9. The van der Waals surface area contributed by atoms with Gasteiger partial charge in [0, 0.05) is 11.0 Å². The second kappa shape index (κ2) is 5.48. The zero-order valence-corrected chi connectivity index (χ0v) is 14.5. The minimum atomic E-state index is -0.540. The van der Waals surface area contributed by atoms with E-state index in [1.807, 2.05) is 12.3 Å². The van der Waals surface area contributed by atoms with Crippen molar-refractivity contribution in [3.63, 3.8) is 0 Å². The Balaban J connectivity index is 1.69. The summed E-state index contributed by atoms with van der Waals surface area (Å²) in [6.07, 6.45) is 9.58. The molecule has 1 spiro atoms. The molecular weight excluding hydrogens is 304 g/mol. The molecule has 2 aliphatic carbocycles. The van der Waals surface area contributed by atoms with Crippen LogP contribution in [0.25, 0.3) is 0 Å². The van der Waals surface area contributed by atoms with Gasteiger partial charge >= 0.3 is 5.97 Å². The molecule has 1 aromatic heterocycles. The summed E-state index contributed by atoms with van der Waals surface area (Å²) in [5, 5.41) is 10.4. The summed E-state index contributed by atoms with van der Waals surface area (Å²) in [6, 6.07) is 2.02. The Morgan fingerprint density at radius 2 is 2.25 bits per heavy atom. The van der Waals surface area contributed by atoms with Gasteiger partial charge in [-0.25, -0.2) is 4.79 Å². The lowest BCUT2D eigenvalue weighted by atomic mass is 9.46. The second-order valence-corrected chi connectivity index (χ2v) is 8.25. The number of esters is 1. The fourth-order valence-corrected chi connectivity index (χ4v) is 5.50. The smallest absolute Gasteiger partial charge is 0.334 e. The van der Waals surface area contributed by atoms with E-state index in [9.17, 15) is 9.90 Å². The number of furan rings is 1. The molecule has 1 saturated carbocycles. The van der Waals surface area contributed by atoms with E-state index >= 15 is 0 Å². The van der Waals surface area contributed by atoms with Gasteiger partial charge in [-0.3, -0.25) is 0 Å². The highest BCUT2D eigenvalue weighted by Crippen LogP contribution is 2.63. The van der Waals surface area contributed by atoms with Gasteiger partial charge in [-0.1, -0.05) is 13.8 Å². The monoisotopic (exact) mass is 330 g/mol. The highest BCUT2D eigenvalue weighted by Gasteiger charge is 2.61. The molecule has 0 radical (unpaired) electrons. The fourth-order valence-electron chi connectivity index (χ4n) is 5.50. The average Bonchev–Trinajstić information content (AvgIpc) is 3.18. The Bertz CT molecular complexity index is 661. The number of carbonyl (C=O) groups is 1. The van der Waals surface area contributed by atoms with Crippen molar-refractivity contribution >= 4 is 5.97 Å². The normalized spacial score (nSPS) is 41.4. The fraction of sp³-hybridized carbons (Fsp3) is 0.650. The van der Waals surface area contributed by atoms with Gasteiger partial charge < -0.3 is 14.3 Å². The molecule has 2 heterocycles. The van der Waals surface area contributed by atoms with E-state index in [4.69, 9.17) is 9.15 Å². The van der Waals surface area contributed by atoms with Crippen LogP contribution in [0, 0.1) is 22.7 Å². The lowest BCUT2D eigenvalue weighted by Gasteiger charge is -2.57. The summed E-state index contributed by atoms with van der Waals surface area (Å²) in [7, 11) is 0. The summed E-state index contributed by atoms with van der Waals surface area (Å²) in [5.74, 6) is 0.620. The Morgan fingerprint density at radius 1 is 1.42 bits per heavy atom. The number of ether oxygens (including phenoxy) is 1. The first-order valence-corrected chi connectivity index (χ1v) is 9.04. The van der Waals surface area contributed by atoms with Crippen molar-refractivity contribution < 1.29 is 19.1 Å². The molecule has 0 unspecified atom stereocenters. The summed E-state index contributed by atoms with van der Waals surface area (Å²) in [4.78, 5) is 12.2. The Morgan fingerprint density at radius 3 is 3.00 bits per heavy atom. The predicted octanol–water partition coefficient (Wildman–Crippen LogP) is 3.50. The average molecular weight is 330 g/mol. The van der Waals surface area contributed by atoms with E-state index in [0.29, 0.717) is 12.5 Å². The molecule has 24 heavy (non-hydrogen) atoms. The molecule has 0 amide bonds. The van der Waals surface area contributed by atoms with Gasteiger partial charge in [0.2, 0.25) is 0 Å². The largest absolute Gasteiger partial charge is 0.472 e. The van der Waals surface area contributed by atoms with E-state index < -0.39 is 6.10 Å². The van der Waals surface area contributed by atoms with Gasteiger partial charge in [0.15, 0.2) is 0 Å². The topological polar surface area (TPSA) is 59.7 Å². The van der Waals surface area contributed by atoms with E-state index in [0.717, 1.165) is 37.7 Å². The Kier molecular flexibility index (Phi) is 3.64. The highest BCUT2D eigenvalue weighted by molar-refractivity contribution is 5.92. The third kappa shape index (κ3) is 2.19. The number of aryl methyl sites for hydroxylation is 1. The van der Waals surface area contributed by atoms with Crippen molar-refractivity contribution in [2.24, 2.45) is 22.7 Å². The lowest BCUT2D eigenvalue weighted by Crippen LogP contribution is -2.53. The molecule has 0 aromatic carbocycles. The Hall–Kier alpha value is -1.55. The van der Waals surface area contributed by atoms with Crippen LogP contribution in [0.15, 0.2) is 34.7 Å². The number of hydrogen-bond acceptors (Lipinski definition) is 4. The maximum absolute atomic E-state index is 12.2. The van der Waals surface area contributed by atoms with Crippen molar-refractivity contribution in [2.45, 2.75) is 52.1 Å². The Labute approximate surface area is 142 Å². The molecule has 1 aliphatic heterocycles. The molecular formula is C20H26O4. The van der Waals surface area contributed by atoms with Gasteiger partial charge in [0.1, 0.15) is 6.61 Å². The SMILES string of the molecule is C[C@H]1CC[C@]23COC(=O)C2=C[C@H](O)C[C@@H]3[C@@]1(C)CCc1ccoc1. The van der Waals surface area contributed by atoms with Gasteiger partial charge in [-0.15, -0.1) is 0 Å². The van der Waals surface area contributed by atoms with Gasteiger partial charge in [0.25, 0.3) is 0 Å². The maximum atomic E-state index is 12.2. The number of hydrogen-bond donors (Lipinski definition) is 1. The molecule has 2 fully saturated rings. The van der Waals surface area contributed by atoms with Crippen molar-refractivity contribution in [3.05, 3.63) is 35.8 Å². The molecule has 1 saturated heterocycles. The van der Waals surface area contributed by atoms with Crippen LogP contribution in [0.4, 0.5) is 0 Å². The number of aliphatic hydroxyl groups excluding tert-OH is 1. The van der Waals surface area contributed by atoms with E-state index in [2.05, 4.69) is 13.8 Å². The standard InChI is InChI=1S/C20H26O4/c1-13-3-7-20-12-24-18(22)16(20)9-15(21)10-17(20)19(13,2)6-4-14-5-8-23-11-14/h5,8-9,11,13,15,17,21H,3-4,6-7,10,12H2,1-2H3/t13-,15-,17+,19-,20-/m0/s1. The molecule has 0 bridgehead atoms. The molecule has 1 N–H and O–H groups in total. The molecule has 130 valence electrons. The zero-order valence-electron chi connectivity index (χ0n) is 14.5. The second-order valence-electron chi connectivity index (χ2n) is 8.25. The molecule has 1 aromatic rings. The predicted molar refractivity (Wildman–Crippen MR) is 89.1 cm³/mol. The molecule has 4 heteroatoms. The van der Waals surface area contributed by atoms with E-state index in [-0.39, 0.29) is 22.7 Å². The van der Waals surface area contributed by atoms with Crippen LogP contribution in [0.5, 0.6) is 0 Å². The lowest BCUT2D eigenvalue weighted by molar-refractivity contribution is -0.135. The minimum Gasteiger partial charge on any atom is -0.472 e. The third-order valence-corrected chi connectivity index (χ3v) is 7.20. The van der Waals surface area contributed by atoms with Crippen molar-refractivity contribution in [3.8, 4) is 0 Å². The quantitative estimate of drug-likeness (QED) is 0.862. The van der Waals surface area contributed by atoms with Gasteiger partial charge in [0.05, 0.1) is 18.6 Å². The van der Waals surface area contributed by atoms with Crippen LogP contribution in [0.1, 0.15) is 45.1 Å². The van der Waals surface area contributed by atoms with E-state index in [1.54, 1.807) is 12.3 Å². The minimum absolute atomic E-state index is 0.0734. The molecule has 5 atom stereocenters. The number of carbonyl (C=O) groups excluding carboxylic acids is 1. The van der Waals surface area contributed by atoms with Crippen molar-refractivity contribution in [2.75, 3.05) is 6.61 Å². The van der Waals surface area contributed by atoms with Crippen LogP contribution in [0.2, 0.25) is 0 Å². The molecule has 4 nitrogen and oxygen atoms in total. The summed E-state index contributed by atoms with van der Waals surface area (Å²) >= 11 is 0. The zero-order chi connectivity index (χ0) is 16.9. The summed E-state index contributed by atoms with van der Waals surface area (Å²) in [5.41, 5.74) is 1.85. The van der Waals surface area contributed by atoms with E-state index in [1.165, 1.54) is 5.56 Å². The van der Waals surface area contributed by atoms with Crippen LogP contribution in [-0.2, 0) is 16.0 Å². The molecule has 4 rings (SSSR count). The van der Waals surface area contributed by atoms with Gasteiger partial charge in [-0.2, -0.15) is 0 Å². The highest BCUT2D eigenvalue weighted by atomic mass is 16.5. The van der Waals surface area contributed by atoms with Crippen molar-refractivity contribution in [1.82, 2.24) is 0 Å². The summed E-state index contributed by atoms with van der Waals surface area (Å²) in [6.45, 7) is 5.16. The third-order valence-electron chi connectivity index (χ3n) is 7.20. The van der Waals surface area contributed by atoms with Crippen LogP contribution >= 0.6 is 0 Å². The maximum Gasteiger partial charge on any atom is 0.334 e. The number of rotatable bonds is 3.